The second-order valence-corrected chi connectivity index (χ2v) is 5.74. The minimum Gasteiger partial charge on any atom is -0.233 e. The van der Waals surface area contributed by atoms with Crippen LogP contribution in [0.3, 0.4) is 0 Å². The van der Waals surface area contributed by atoms with Crippen LogP contribution in [-0.2, 0) is 11.8 Å². The summed E-state index contributed by atoms with van der Waals surface area (Å²) < 4.78 is 1.73. The van der Waals surface area contributed by atoms with Crippen LogP contribution in [0.25, 0.3) is 5.65 Å². The van der Waals surface area contributed by atoms with Gasteiger partial charge < -0.3 is 0 Å². The van der Waals surface area contributed by atoms with Gasteiger partial charge in [0.15, 0.2) is 5.65 Å². The van der Waals surface area contributed by atoms with Crippen molar-refractivity contribution in [3.8, 4) is 0 Å². The average Bonchev–Trinajstić information content (AvgIpc) is 2.67. The standard InChI is InChI=1S/C13H18ClN3/c1-6-9-8(2)12(14)17-11(15-9)7-10(16-17)13(3,4)5/h7H,6H2,1-5H3. The van der Waals surface area contributed by atoms with Gasteiger partial charge in [-0.15, -0.1) is 0 Å². The summed E-state index contributed by atoms with van der Waals surface area (Å²) in [7, 11) is 0. The average molecular weight is 252 g/mol. The number of fused-ring (bicyclic) bond motifs is 1. The fraction of sp³-hybridized carbons (Fsp3) is 0.538. The summed E-state index contributed by atoms with van der Waals surface area (Å²) in [6.07, 6.45) is 0.887. The largest absolute Gasteiger partial charge is 0.233 e. The van der Waals surface area contributed by atoms with Gasteiger partial charge in [-0.05, 0) is 13.3 Å². The number of nitrogens with zero attached hydrogens (tertiary/aromatic N) is 3. The minimum absolute atomic E-state index is 0.0112. The number of halogens is 1. The molecular formula is C13H18ClN3. The topological polar surface area (TPSA) is 30.2 Å². The van der Waals surface area contributed by atoms with E-state index >= 15 is 0 Å². The Balaban J connectivity index is 2.74. The molecule has 17 heavy (non-hydrogen) atoms. The number of aromatic nitrogens is 3. The molecule has 0 atom stereocenters. The molecule has 0 amide bonds. The van der Waals surface area contributed by atoms with E-state index in [2.05, 4.69) is 37.8 Å². The molecule has 0 fully saturated rings. The Kier molecular flexibility index (Phi) is 2.90. The Morgan fingerprint density at radius 3 is 2.53 bits per heavy atom. The first-order valence-corrected chi connectivity index (χ1v) is 6.27. The minimum atomic E-state index is 0.0112. The lowest BCUT2D eigenvalue weighted by molar-refractivity contribution is 0.562. The van der Waals surface area contributed by atoms with E-state index in [9.17, 15) is 0 Å². The highest BCUT2D eigenvalue weighted by molar-refractivity contribution is 6.30. The normalized spacial score (nSPS) is 12.4. The lowest BCUT2D eigenvalue weighted by Crippen LogP contribution is -2.12. The molecule has 4 heteroatoms. The van der Waals surface area contributed by atoms with Gasteiger partial charge in [0.05, 0.1) is 5.69 Å². The molecule has 0 aliphatic heterocycles. The maximum absolute atomic E-state index is 6.33. The van der Waals surface area contributed by atoms with Gasteiger partial charge in [-0.25, -0.2) is 9.50 Å². The highest BCUT2D eigenvalue weighted by Gasteiger charge is 2.20. The molecule has 0 aliphatic rings. The van der Waals surface area contributed by atoms with Gasteiger partial charge in [0.25, 0.3) is 0 Å². The monoisotopic (exact) mass is 251 g/mol. The lowest BCUT2D eigenvalue weighted by Gasteiger charge is -2.13. The van der Waals surface area contributed by atoms with Crippen molar-refractivity contribution in [2.45, 2.75) is 46.5 Å². The third-order valence-electron chi connectivity index (χ3n) is 2.97. The van der Waals surface area contributed by atoms with Crippen molar-refractivity contribution in [3.63, 3.8) is 0 Å². The third kappa shape index (κ3) is 2.04. The van der Waals surface area contributed by atoms with Crippen molar-refractivity contribution in [1.29, 1.82) is 0 Å². The van der Waals surface area contributed by atoms with Crippen LogP contribution in [0.1, 0.15) is 44.6 Å². The zero-order valence-corrected chi connectivity index (χ0v) is 11.8. The molecule has 2 aromatic rings. The fourth-order valence-electron chi connectivity index (χ4n) is 1.81. The van der Waals surface area contributed by atoms with Crippen molar-refractivity contribution in [1.82, 2.24) is 14.6 Å². The molecule has 92 valence electrons. The molecule has 0 bridgehead atoms. The Bertz CT molecular complexity index is 564. The van der Waals surface area contributed by atoms with Gasteiger partial charge in [-0.3, -0.25) is 0 Å². The van der Waals surface area contributed by atoms with Gasteiger partial charge in [-0.1, -0.05) is 39.3 Å². The molecule has 0 saturated heterocycles. The summed E-state index contributed by atoms with van der Waals surface area (Å²) >= 11 is 6.33. The van der Waals surface area contributed by atoms with Crippen LogP contribution in [0, 0.1) is 6.92 Å². The predicted molar refractivity (Wildman–Crippen MR) is 70.8 cm³/mol. The Morgan fingerprint density at radius 1 is 1.35 bits per heavy atom. The van der Waals surface area contributed by atoms with Crippen molar-refractivity contribution in [2.75, 3.05) is 0 Å². The maximum Gasteiger partial charge on any atom is 0.157 e. The molecule has 0 aromatic carbocycles. The molecule has 0 N–H and O–H groups in total. The third-order valence-corrected chi connectivity index (χ3v) is 3.42. The second-order valence-electron chi connectivity index (χ2n) is 5.38. The molecule has 0 radical (unpaired) electrons. The molecule has 0 spiro atoms. The SMILES string of the molecule is CCc1nc2cc(C(C)(C)C)nn2c(Cl)c1C. The fourth-order valence-corrected chi connectivity index (χ4v) is 2.04. The molecule has 0 unspecified atom stereocenters. The van der Waals surface area contributed by atoms with Crippen LogP contribution in [0.2, 0.25) is 5.15 Å². The van der Waals surface area contributed by atoms with E-state index in [1.165, 1.54) is 0 Å². The van der Waals surface area contributed by atoms with E-state index < -0.39 is 0 Å². The smallest absolute Gasteiger partial charge is 0.157 e. The van der Waals surface area contributed by atoms with E-state index in [-0.39, 0.29) is 5.41 Å². The summed E-state index contributed by atoms with van der Waals surface area (Å²) in [5.41, 5.74) is 3.92. The second kappa shape index (κ2) is 3.98. The van der Waals surface area contributed by atoms with Crippen LogP contribution in [0.4, 0.5) is 0 Å². The quantitative estimate of drug-likeness (QED) is 0.726. The summed E-state index contributed by atoms with van der Waals surface area (Å²) in [6, 6.07) is 2.02. The van der Waals surface area contributed by atoms with Crippen molar-refractivity contribution in [3.05, 3.63) is 28.2 Å². The highest BCUT2D eigenvalue weighted by atomic mass is 35.5. The Labute approximate surface area is 107 Å². The van der Waals surface area contributed by atoms with Crippen molar-refractivity contribution in [2.24, 2.45) is 0 Å². The van der Waals surface area contributed by atoms with Crippen LogP contribution in [0.15, 0.2) is 6.07 Å². The molecule has 2 rings (SSSR count). The van der Waals surface area contributed by atoms with Crippen molar-refractivity contribution < 1.29 is 0 Å². The zero-order chi connectivity index (χ0) is 12.8. The summed E-state index contributed by atoms with van der Waals surface area (Å²) in [5, 5.41) is 5.21. The van der Waals surface area contributed by atoms with Crippen LogP contribution < -0.4 is 0 Å². The first-order valence-electron chi connectivity index (χ1n) is 5.90. The van der Waals surface area contributed by atoms with E-state index in [1.807, 2.05) is 13.0 Å². The maximum atomic E-state index is 6.33. The van der Waals surface area contributed by atoms with Crippen LogP contribution in [-0.4, -0.2) is 14.6 Å². The molecule has 3 nitrogen and oxygen atoms in total. The Morgan fingerprint density at radius 2 is 2.00 bits per heavy atom. The molecular weight excluding hydrogens is 234 g/mol. The van der Waals surface area contributed by atoms with Gasteiger partial charge in [-0.2, -0.15) is 5.10 Å². The predicted octanol–water partition coefficient (Wildman–Crippen LogP) is 3.55. The molecule has 2 aromatic heterocycles. The first kappa shape index (κ1) is 12.4. The van der Waals surface area contributed by atoms with Gasteiger partial charge in [0.2, 0.25) is 0 Å². The van der Waals surface area contributed by atoms with Gasteiger partial charge in [0.1, 0.15) is 5.15 Å². The highest BCUT2D eigenvalue weighted by Crippen LogP contribution is 2.25. The zero-order valence-electron chi connectivity index (χ0n) is 11.0. The van der Waals surface area contributed by atoms with Gasteiger partial charge in [0, 0.05) is 22.7 Å². The molecule has 0 aliphatic carbocycles. The summed E-state index contributed by atoms with van der Waals surface area (Å²) in [6.45, 7) is 10.5. The molecule has 2 heterocycles. The van der Waals surface area contributed by atoms with E-state index in [0.29, 0.717) is 5.15 Å². The van der Waals surface area contributed by atoms with E-state index in [0.717, 1.165) is 29.0 Å². The summed E-state index contributed by atoms with van der Waals surface area (Å²) in [5.74, 6) is 0. The molecule has 0 saturated carbocycles. The van der Waals surface area contributed by atoms with E-state index in [4.69, 9.17) is 11.6 Å². The lowest BCUT2D eigenvalue weighted by atomic mass is 9.93. The van der Waals surface area contributed by atoms with Crippen molar-refractivity contribution >= 4 is 17.2 Å². The summed E-state index contributed by atoms with van der Waals surface area (Å²) in [4.78, 5) is 4.60. The number of rotatable bonds is 1. The number of aryl methyl sites for hydroxylation is 1. The Hall–Kier alpha value is -1.09. The van der Waals surface area contributed by atoms with Crippen LogP contribution in [0.5, 0.6) is 0 Å². The first-order chi connectivity index (χ1) is 7.84. The van der Waals surface area contributed by atoms with Gasteiger partial charge >= 0.3 is 0 Å². The van der Waals surface area contributed by atoms with E-state index in [1.54, 1.807) is 4.52 Å². The number of hydrogen-bond acceptors (Lipinski definition) is 2. The number of hydrogen-bond donors (Lipinski definition) is 0. The van der Waals surface area contributed by atoms with Crippen LogP contribution >= 0.6 is 11.6 Å².